The molecular weight excluding hydrogens is 280 g/mol. The van der Waals surface area contributed by atoms with Gasteiger partial charge in [-0.3, -0.25) is 9.69 Å². The van der Waals surface area contributed by atoms with E-state index in [2.05, 4.69) is 30.1 Å². The number of rotatable bonds is 4. The molecule has 22 heavy (non-hydrogen) atoms. The smallest absolute Gasteiger partial charge is 0.238 e. The zero-order valence-corrected chi connectivity index (χ0v) is 12.2. The van der Waals surface area contributed by atoms with E-state index in [0.717, 1.165) is 32.0 Å². The van der Waals surface area contributed by atoms with Crippen molar-refractivity contribution in [2.24, 2.45) is 0 Å². The van der Waals surface area contributed by atoms with E-state index in [1.165, 1.54) is 6.33 Å². The van der Waals surface area contributed by atoms with Crippen LogP contribution in [0.1, 0.15) is 0 Å². The molecule has 0 spiro atoms. The van der Waals surface area contributed by atoms with E-state index in [1.807, 2.05) is 18.2 Å². The summed E-state index contributed by atoms with van der Waals surface area (Å²) >= 11 is 0. The second-order valence-electron chi connectivity index (χ2n) is 5.13. The summed E-state index contributed by atoms with van der Waals surface area (Å²) in [5.41, 5.74) is 0.625. The second-order valence-corrected chi connectivity index (χ2v) is 5.13. The van der Waals surface area contributed by atoms with Gasteiger partial charge < -0.3 is 10.2 Å². The Morgan fingerprint density at radius 3 is 2.59 bits per heavy atom. The monoisotopic (exact) mass is 298 g/mol. The van der Waals surface area contributed by atoms with Crippen molar-refractivity contribution < 1.29 is 4.79 Å². The lowest BCUT2D eigenvalue weighted by molar-refractivity contribution is -0.117. The summed E-state index contributed by atoms with van der Waals surface area (Å²) in [7, 11) is 0. The minimum atomic E-state index is -0.0407. The van der Waals surface area contributed by atoms with Crippen LogP contribution in [0.2, 0.25) is 0 Å². The number of carbonyl (C=O) groups excluding carboxylic acids is 1. The third-order valence-electron chi connectivity index (χ3n) is 3.56. The number of hydrogen-bond donors (Lipinski definition) is 1. The van der Waals surface area contributed by atoms with E-state index in [-0.39, 0.29) is 5.91 Å². The number of nitrogens with one attached hydrogen (secondary N) is 1. The highest BCUT2D eigenvalue weighted by atomic mass is 16.2. The summed E-state index contributed by atoms with van der Waals surface area (Å²) in [5.74, 6) is 0.953. The van der Waals surface area contributed by atoms with Crippen LogP contribution in [0.15, 0.2) is 43.1 Å². The number of nitrogens with zero attached hydrogens (tertiary/aromatic N) is 5. The molecule has 2 aromatic rings. The largest absolute Gasteiger partial charge is 0.354 e. The summed E-state index contributed by atoms with van der Waals surface area (Å²) in [6.07, 6.45) is 6.41. The third-order valence-corrected chi connectivity index (χ3v) is 3.56. The molecule has 2 aromatic heterocycles. The van der Waals surface area contributed by atoms with Crippen LogP contribution in [0, 0.1) is 0 Å². The van der Waals surface area contributed by atoms with E-state index in [1.54, 1.807) is 18.6 Å². The maximum atomic E-state index is 12.0. The molecule has 1 saturated heterocycles. The molecule has 114 valence electrons. The molecule has 1 aliphatic heterocycles. The Hall–Kier alpha value is -2.54. The molecule has 1 N–H and O–H groups in total. The van der Waals surface area contributed by atoms with Gasteiger partial charge in [-0.15, -0.1) is 0 Å². The lowest BCUT2D eigenvalue weighted by Crippen LogP contribution is -2.48. The van der Waals surface area contributed by atoms with Crippen LogP contribution in [-0.4, -0.2) is 58.5 Å². The van der Waals surface area contributed by atoms with Crippen LogP contribution in [0.25, 0.3) is 0 Å². The zero-order valence-electron chi connectivity index (χ0n) is 12.2. The van der Waals surface area contributed by atoms with Gasteiger partial charge in [0, 0.05) is 32.4 Å². The number of aromatic nitrogens is 3. The van der Waals surface area contributed by atoms with E-state index < -0.39 is 0 Å². The van der Waals surface area contributed by atoms with Gasteiger partial charge in [0.05, 0.1) is 24.6 Å². The first-order chi connectivity index (χ1) is 10.8. The molecule has 7 nitrogen and oxygen atoms in total. The van der Waals surface area contributed by atoms with Gasteiger partial charge in [0.25, 0.3) is 0 Å². The van der Waals surface area contributed by atoms with Crippen molar-refractivity contribution in [2.45, 2.75) is 0 Å². The van der Waals surface area contributed by atoms with E-state index in [0.29, 0.717) is 12.2 Å². The Balaban J connectivity index is 1.47. The summed E-state index contributed by atoms with van der Waals surface area (Å²) < 4.78 is 0. The molecule has 3 heterocycles. The van der Waals surface area contributed by atoms with Crippen molar-refractivity contribution in [1.29, 1.82) is 0 Å². The maximum absolute atomic E-state index is 12.0. The van der Waals surface area contributed by atoms with Gasteiger partial charge in [-0.1, -0.05) is 6.07 Å². The Morgan fingerprint density at radius 1 is 1.14 bits per heavy atom. The normalized spacial score (nSPS) is 15.5. The van der Waals surface area contributed by atoms with Gasteiger partial charge in [0.15, 0.2) is 0 Å². The fourth-order valence-corrected chi connectivity index (χ4v) is 2.44. The molecule has 0 aromatic carbocycles. The number of anilines is 2. The van der Waals surface area contributed by atoms with Crippen LogP contribution >= 0.6 is 0 Å². The fraction of sp³-hybridized carbons (Fsp3) is 0.333. The highest BCUT2D eigenvalue weighted by Gasteiger charge is 2.19. The summed E-state index contributed by atoms with van der Waals surface area (Å²) in [6, 6.07) is 5.92. The average molecular weight is 298 g/mol. The number of piperazine rings is 1. The third kappa shape index (κ3) is 3.76. The van der Waals surface area contributed by atoms with E-state index in [9.17, 15) is 4.79 Å². The topological polar surface area (TPSA) is 74.2 Å². The minimum absolute atomic E-state index is 0.0407. The number of amides is 1. The standard InChI is InChI=1S/C15H18N6O/c22-15(19-13-9-16-12-17-10-13)11-20-5-7-21(8-6-20)14-3-1-2-4-18-14/h1-4,9-10,12H,5-8,11H2,(H,19,22). The number of hydrogen-bond acceptors (Lipinski definition) is 6. The lowest BCUT2D eigenvalue weighted by atomic mass is 10.3. The number of pyridine rings is 1. The molecule has 1 amide bonds. The van der Waals surface area contributed by atoms with Gasteiger partial charge in [-0.05, 0) is 12.1 Å². The Bertz CT molecular complexity index is 598. The van der Waals surface area contributed by atoms with Gasteiger partial charge in [0.1, 0.15) is 12.1 Å². The lowest BCUT2D eigenvalue weighted by Gasteiger charge is -2.34. The molecule has 0 unspecified atom stereocenters. The SMILES string of the molecule is O=C(CN1CCN(c2ccccn2)CC1)Nc1cncnc1. The van der Waals surface area contributed by atoms with Gasteiger partial charge in [-0.25, -0.2) is 15.0 Å². The highest BCUT2D eigenvalue weighted by Crippen LogP contribution is 2.12. The zero-order chi connectivity index (χ0) is 15.2. The molecule has 1 aliphatic rings. The fourth-order valence-electron chi connectivity index (χ4n) is 2.44. The first-order valence-electron chi connectivity index (χ1n) is 7.24. The maximum Gasteiger partial charge on any atom is 0.238 e. The van der Waals surface area contributed by atoms with E-state index in [4.69, 9.17) is 0 Å². The van der Waals surface area contributed by atoms with Gasteiger partial charge in [-0.2, -0.15) is 0 Å². The summed E-state index contributed by atoms with van der Waals surface area (Å²) in [5, 5.41) is 2.80. The molecule has 1 fully saturated rings. The molecule has 0 bridgehead atoms. The van der Waals surface area contributed by atoms with Gasteiger partial charge >= 0.3 is 0 Å². The van der Waals surface area contributed by atoms with Crippen molar-refractivity contribution in [2.75, 3.05) is 42.9 Å². The Morgan fingerprint density at radius 2 is 1.91 bits per heavy atom. The van der Waals surface area contributed by atoms with Gasteiger partial charge in [0.2, 0.25) is 5.91 Å². The first kappa shape index (κ1) is 14.4. The molecule has 0 saturated carbocycles. The summed E-state index contributed by atoms with van der Waals surface area (Å²) in [4.78, 5) is 28.5. The quantitative estimate of drug-likeness (QED) is 0.892. The summed E-state index contributed by atoms with van der Waals surface area (Å²) in [6.45, 7) is 3.81. The molecule has 0 radical (unpaired) electrons. The van der Waals surface area contributed by atoms with Crippen molar-refractivity contribution in [3.8, 4) is 0 Å². The van der Waals surface area contributed by atoms with Crippen LogP contribution in [0.4, 0.5) is 11.5 Å². The molecular formula is C15H18N6O. The average Bonchev–Trinajstić information content (AvgIpc) is 2.57. The van der Waals surface area contributed by atoms with Crippen LogP contribution in [-0.2, 0) is 4.79 Å². The first-order valence-corrected chi connectivity index (χ1v) is 7.24. The van der Waals surface area contributed by atoms with Crippen molar-refractivity contribution in [1.82, 2.24) is 19.9 Å². The predicted molar refractivity (Wildman–Crippen MR) is 83.6 cm³/mol. The van der Waals surface area contributed by atoms with Crippen LogP contribution in [0.3, 0.4) is 0 Å². The molecule has 0 atom stereocenters. The molecule has 7 heteroatoms. The highest BCUT2D eigenvalue weighted by molar-refractivity contribution is 5.91. The second kappa shape index (κ2) is 6.95. The predicted octanol–water partition coefficient (Wildman–Crippen LogP) is 0.632. The molecule has 0 aliphatic carbocycles. The van der Waals surface area contributed by atoms with Crippen LogP contribution in [0.5, 0.6) is 0 Å². The minimum Gasteiger partial charge on any atom is -0.354 e. The van der Waals surface area contributed by atoms with Crippen LogP contribution < -0.4 is 10.2 Å². The van der Waals surface area contributed by atoms with Crippen molar-refractivity contribution in [3.63, 3.8) is 0 Å². The number of carbonyl (C=O) groups is 1. The van der Waals surface area contributed by atoms with E-state index >= 15 is 0 Å². The van der Waals surface area contributed by atoms with Crippen molar-refractivity contribution >= 4 is 17.4 Å². The Labute approximate surface area is 129 Å². The van der Waals surface area contributed by atoms with Crippen molar-refractivity contribution in [3.05, 3.63) is 43.1 Å². The Kier molecular flexibility index (Phi) is 4.55. The molecule has 3 rings (SSSR count).